The van der Waals surface area contributed by atoms with Gasteiger partial charge in [-0.05, 0) is 31.2 Å². The van der Waals surface area contributed by atoms with Crippen molar-refractivity contribution in [3.8, 4) is 11.5 Å². The van der Waals surface area contributed by atoms with Gasteiger partial charge in [0.15, 0.2) is 5.82 Å². The number of anilines is 1. The Kier molecular flexibility index (Phi) is 2.90. The highest BCUT2D eigenvalue weighted by molar-refractivity contribution is 5.87. The summed E-state index contributed by atoms with van der Waals surface area (Å²) in [6, 6.07) is 9.23. The lowest BCUT2D eigenvalue weighted by atomic mass is 10.3. The summed E-state index contributed by atoms with van der Waals surface area (Å²) >= 11 is 0. The fourth-order valence-corrected chi connectivity index (χ4v) is 2.00. The summed E-state index contributed by atoms with van der Waals surface area (Å²) in [5, 5.41) is 7.07. The number of hydrogen-bond acceptors (Lipinski definition) is 4. The SMILES string of the molecule is CC(=O)Nc1cccc(-c2nc(C)c3cccn3n2)n1. The third-order valence-corrected chi connectivity index (χ3v) is 2.86. The van der Waals surface area contributed by atoms with Crippen LogP contribution in [0.3, 0.4) is 0 Å². The van der Waals surface area contributed by atoms with Crippen molar-refractivity contribution in [2.45, 2.75) is 13.8 Å². The zero-order valence-electron chi connectivity index (χ0n) is 11.2. The lowest BCUT2D eigenvalue weighted by Gasteiger charge is -2.06. The smallest absolute Gasteiger partial charge is 0.222 e. The number of nitrogens with zero attached hydrogens (tertiary/aromatic N) is 4. The molecule has 0 spiro atoms. The van der Waals surface area contributed by atoms with E-state index in [9.17, 15) is 4.79 Å². The van der Waals surface area contributed by atoms with Crippen LogP contribution in [0.2, 0.25) is 0 Å². The fraction of sp³-hybridized carbons (Fsp3) is 0.143. The number of aryl methyl sites for hydroxylation is 1. The maximum absolute atomic E-state index is 11.1. The molecule has 6 nitrogen and oxygen atoms in total. The summed E-state index contributed by atoms with van der Waals surface area (Å²) in [7, 11) is 0. The number of amides is 1. The van der Waals surface area contributed by atoms with E-state index < -0.39 is 0 Å². The molecule has 0 radical (unpaired) electrons. The maximum atomic E-state index is 11.1. The number of nitrogens with one attached hydrogen (secondary N) is 1. The number of hydrogen-bond donors (Lipinski definition) is 1. The fourth-order valence-electron chi connectivity index (χ4n) is 2.00. The summed E-state index contributed by atoms with van der Waals surface area (Å²) < 4.78 is 1.77. The van der Waals surface area contributed by atoms with Crippen LogP contribution in [0, 0.1) is 6.92 Å². The van der Waals surface area contributed by atoms with E-state index in [2.05, 4.69) is 20.4 Å². The minimum Gasteiger partial charge on any atom is -0.311 e. The molecule has 0 atom stereocenters. The maximum Gasteiger partial charge on any atom is 0.222 e. The van der Waals surface area contributed by atoms with Gasteiger partial charge in [0, 0.05) is 13.1 Å². The van der Waals surface area contributed by atoms with Gasteiger partial charge in [0.1, 0.15) is 11.5 Å². The molecule has 1 N–H and O–H groups in total. The van der Waals surface area contributed by atoms with Gasteiger partial charge >= 0.3 is 0 Å². The third-order valence-electron chi connectivity index (χ3n) is 2.86. The van der Waals surface area contributed by atoms with Gasteiger partial charge in [-0.3, -0.25) is 4.79 Å². The van der Waals surface area contributed by atoms with Crippen molar-refractivity contribution in [2.75, 3.05) is 5.32 Å². The highest BCUT2D eigenvalue weighted by Crippen LogP contribution is 2.17. The summed E-state index contributed by atoms with van der Waals surface area (Å²) in [4.78, 5) is 19.9. The van der Waals surface area contributed by atoms with Crippen LogP contribution >= 0.6 is 0 Å². The van der Waals surface area contributed by atoms with Crippen LogP contribution in [0.25, 0.3) is 17.0 Å². The van der Waals surface area contributed by atoms with Crippen LogP contribution in [0.4, 0.5) is 5.82 Å². The van der Waals surface area contributed by atoms with Crippen molar-refractivity contribution in [3.63, 3.8) is 0 Å². The van der Waals surface area contributed by atoms with Crippen LogP contribution in [0.15, 0.2) is 36.5 Å². The van der Waals surface area contributed by atoms with Crippen molar-refractivity contribution in [1.82, 2.24) is 19.6 Å². The number of aromatic nitrogens is 4. The Morgan fingerprint density at radius 1 is 1.20 bits per heavy atom. The van der Waals surface area contributed by atoms with Gasteiger partial charge in [0.2, 0.25) is 5.91 Å². The van der Waals surface area contributed by atoms with E-state index in [4.69, 9.17) is 0 Å². The van der Waals surface area contributed by atoms with E-state index in [0.29, 0.717) is 17.3 Å². The highest BCUT2D eigenvalue weighted by atomic mass is 16.1. The number of pyridine rings is 1. The first-order valence-corrected chi connectivity index (χ1v) is 6.20. The van der Waals surface area contributed by atoms with Gasteiger partial charge in [-0.1, -0.05) is 6.07 Å². The largest absolute Gasteiger partial charge is 0.311 e. The second kappa shape index (κ2) is 4.73. The molecular formula is C14H13N5O. The van der Waals surface area contributed by atoms with Crippen molar-refractivity contribution in [1.29, 1.82) is 0 Å². The van der Waals surface area contributed by atoms with Gasteiger partial charge < -0.3 is 5.32 Å². The molecule has 0 unspecified atom stereocenters. The quantitative estimate of drug-likeness (QED) is 0.771. The second-order valence-electron chi connectivity index (χ2n) is 4.45. The molecular weight excluding hydrogens is 254 g/mol. The van der Waals surface area contributed by atoms with E-state index in [-0.39, 0.29) is 5.91 Å². The highest BCUT2D eigenvalue weighted by Gasteiger charge is 2.08. The Morgan fingerprint density at radius 2 is 2.05 bits per heavy atom. The topological polar surface area (TPSA) is 72.2 Å². The van der Waals surface area contributed by atoms with Crippen LogP contribution < -0.4 is 5.32 Å². The van der Waals surface area contributed by atoms with Crippen molar-refractivity contribution >= 4 is 17.2 Å². The number of fused-ring (bicyclic) bond motifs is 1. The van der Waals surface area contributed by atoms with Gasteiger partial charge in [0.05, 0.1) is 11.2 Å². The van der Waals surface area contributed by atoms with E-state index in [1.54, 1.807) is 10.6 Å². The lowest BCUT2D eigenvalue weighted by Crippen LogP contribution is -2.08. The first kappa shape index (κ1) is 12.3. The van der Waals surface area contributed by atoms with Crippen molar-refractivity contribution in [3.05, 3.63) is 42.2 Å². The lowest BCUT2D eigenvalue weighted by molar-refractivity contribution is -0.114. The average Bonchev–Trinajstić information content (AvgIpc) is 2.87. The van der Waals surface area contributed by atoms with E-state index in [1.807, 2.05) is 37.4 Å². The average molecular weight is 267 g/mol. The molecule has 0 fully saturated rings. The first-order valence-electron chi connectivity index (χ1n) is 6.20. The second-order valence-corrected chi connectivity index (χ2v) is 4.45. The zero-order valence-corrected chi connectivity index (χ0v) is 11.2. The van der Waals surface area contributed by atoms with Gasteiger partial charge in [-0.2, -0.15) is 0 Å². The molecule has 0 saturated carbocycles. The molecule has 0 aliphatic carbocycles. The summed E-state index contributed by atoms with van der Waals surface area (Å²) in [6.45, 7) is 3.37. The van der Waals surface area contributed by atoms with E-state index >= 15 is 0 Å². The zero-order chi connectivity index (χ0) is 14.1. The van der Waals surface area contributed by atoms with Crippen LogP contribution in [0.5, 0.6) is 0 Å². The Bertz CT molecular complexity index is 793. The number of carbonyl (C=O) groups is 1. The molecule has 3 aromatic rings. The van der Waals surface area contributed by atoms with Crippen LogP contribution in [-0.4, -0.2) is 25.5 Å². The molecule has 0 bridgehead atoms. The molecule has 1 amide bonds. The van der Waals surface area contributed by atoms with Gasteiger partial charge in [-0.25, -0.2) is 14.5 Å². The Hall–Kier alpha value is -2.76. The van der Waals surface area contributed by atoms with Gasteiger partial charge in [-0.15, -0.1) is 5.10 Å². The van der Waals surface area contributed by atoms with Crippen LogP contribution in [0.1, 0.15) is 12.6 Å². The summed E-state index contributed by atoms with van der Waals surface area (Å²) in [6.07, 6.45) is 1.87. The summed E-state index contributed by atoms with van der Waals surface area (Å²) in [5.41, 5.74) is 2.47. The molecule has 3 aromatic heterocycles. The minimum absolute atomic E-state index is 0.160. The molecule has 3 heterocycles. The van der Waals surface area contributed by atoms with Crippen molar-refractivity contribution < 1.29 is 4.79 Å². The number of carbonyl (C=O) groups excluding carboxylic acids is 1. The van der Waals surface area contributed by atoms with Crippen LogP contribution in [-0.2, 0) is 4.79 Å². The standard InChI is InChI=1S/C14H13N5O/c1-9-12-6-4-8-19(12)18-14(15-9)11-5-3-7-13(17-11)16-10(2)20/h3-8H,1-2H3,(H,16,17,20). The van der Waals surface area contributed by atoms with Crippen molar-refractivity contribution in [2.24, 2.45) is 0 Å². The van der Waals surface area contributed by atoms with E-state index in [1.165, 1.54) is 6.92 Å². The molecule has 0 saturated heterocycles. The molecule has 6 heteroatoms. The Balaban J connectivity index is 2.08. The molecule has 0 aromatic carbocycles. The van der Waals surface area contributed by atoms with E-state index in [0.717, 1.165) is 11.2 Å². The van der Waals surface area contributed by atoms with Gasteiger partial charge in [0.25, 0.3) is 0 Å². The third kappa shape index (κ3) is 2.23. The molecule has 3 rings (SSSR count). The monoisotopic (exact) mass is 267 g/mol. The number of rotatable bonds is 2. The first-order chi connectivity index (χ1) is 9.63. The molecule has 0 aliphatic heterocycles. The minimum atomic E-state index is -0.160. The summed E-state index contributed by atoms with van der Waals surface area (Å²) in [5.74, 6) is 0.856. The normalized spacial score (nSPS) is 10.7. The predicted molar refractivity (Wildman–Crippen MR) is 75.3 cm³/mol. The molecule has 0 aliphatic rings. The molecule has 100 valence electrons. The Morgan fingerprint density at radius 3 is 2.85 bits per heavy atom. The Labute approximate surface area is 115 Å². The molecule has 20 heavy (non-hydrogen) atoms. The predicted octanol–water partition coefficient (Wildman–Crippen LogP) is 2.06.